The maximum atomic E-state index is 9.87. The third-order valence-corrected chi connectivity index (χ3v) is 3.13. The monoisotopic (exact) mass is 221 g/mol. The molecule has 0 spiro atoms. The number of hydrogen-bond donors (Lipinski definition) is 1. The molecule has 1 aromatic carbocycles. The summed E-state index contributed by atoms with van der Waals surface area (Å²) in [4.78, 5) is 2.32. The van der Waals surface area contributed by atoms with E-state index in [0.717, 1.165) is 30.1 Å². The fourth-order valence-corrected chi connectivity index (χ4v) is 2.36. The molecule has 1 aromatic rings. The van der Waals surface area contributed by atoms with Crippen molar-refractivity contribution in [3.05, 3.63) is 23.8 Å². The summed E-state index contributed by atoms with van der Waals surface area (Å²) >= 11 is 0. The molecule has 0 aromatic heterocycles. The third-order valence-electron chi connectivity index (χ3n) is 3.13. The molecule has 2 rings (SSSR count). The zero-order valence-electron chi connectivity index (χ0n) is 9.94. The number of ether oxygens (including phenoxy) is 1. The van der Waals surface area contributed by atoms with E-state index in [4.69, 9.17) is 4.74 Å². The molecule has 0 radical (unpaired) electrons. The fourth-order valence-electron chi connectivity index (χ4n) is 2.36. The molecule has 1 aliphatic heterocycles. The smallest absolute Gasteiger partial charge is 0.126 e. The van der Waals surface area contributed by atoms with E-state index in [9.17, 15) is 5.11 Å². The molecule has 0 saturated carbocycles. The summed E-state index contributed by atoms with van der Waals surface area (Å²) in [5.41, 5.74) is 2.03. The predicted molar refractivity (Wildman–Crippen MR) is 65.1 cm³/mol. The number of benzene rings is 1. The molecular formula is C13H19NO2. The van der Waals surface area contributed by atoms with Crippen molar-refractivity contribution < 1.29 is 9.84 Å². The number of aliphatic hydroxyl groups excluding tert-OH is 1. The Bertz CT molecular complexity index is 357. The van der Waals surface area contributed by atoms with Crippen LogP contribution in [0, 0.1) is 0 Å². The van der Waals surface area contributed by atoms with Crippen LogP contribution in [0.15, 0.2) is 18.2 Å². The first-order valence-electron chi connectivity index (χ1n) is 5.84. The molecular weight excluding hydrogens is 202 g/mol. The van der Waals surface area contributed by atoms with Gasteiger partial charge in [-0.1, -0.05) is 6.07 Å². The Hall–Kier alpha value is -1.22. The van der Waals surface area contributed by atoms with Crippen LogP contribution >= 0.6 is 0 Å². The van der Waals surface area contributed by atoms with Crippen LogP contribution in [-0.2, 0) is 0 Å². The Kier molecular flexibility index (Phi) is 3.34. The maximum absolute atomic E-state index is 9.87. The number of hydrogen-bond acceptors (Lipinski definition) is 3. The fraction of sp³-hybridized carbons (Fsp3) is 0.538. The number of rotatable bonds is 3. The zero-order valence-corrected chi connectivity index (χ0v) is 9.94. The topological polar surface area (TPSA) is 32.7 Å². The molecule has 1 fully saturated rings. The van der Waals surface area contributed by atoms with E-state index >= 15 is 0 Å². The van der Waals surface area contributed by atoms with Gasteiger partial charge in [0.1, 0.15) is 5.75 Å². The van der Waals surface area contributed by atoms with Crippen molar-refractivity contribution in [1.82, 2.24) is 0 Å². The van der Waals surface area contributed by atoms with Crippen LogP contribution in [0.25, 0.3) is 0 Å². The lowest BCUT2D eigenvalue weighted by atomic mass is 10.1. The molecule has 88 valence electrons. The first kappa shape index (κ1) is 11.3. The van der Waals surface area contributed by atoms with Crippen molar-refractivity contribution in [2.75, 3.05) is 25.1 Å². The van der Waals surface area contributed by atoms with Gasteiger partial charge in [-0.2, -0.15) is 0 Å². The van der Waals surface area contributed by atoms with E-state index < -0.39 is 6.10 Å². The summed E-state index contributed by atoms with van der Waals surface area (Å²) in [7, 11) is 1.65. The molecule has 1 atom stereocenters. The van der Waals surface area contributed by atoms with Gasteiger partial charge in [0.25, 0.3) is 0 Å². The second-order valence-corrected chi connectivity index (χ2v) is 4.26. The van der Waals surface area contributed by atoms with Crippen molar-refractivity contribution in [2.24, 2.45) is 0 Å². The second-order valence-electron chi connectivity index (χ2n) is 4.26. The van der Waals surface area contributed by atoms with Gasteiger partial charge in [-0.3, -0.25) is 0 Å². The van der Waals surface area contributed by atoms with Crippen LogP contribution in [0.1, 0.15) is 31.4 Å². The summed E-state index contributed by atoms with van der Waals surface area (Å²) in [6.07, 6.45) is 1.97. The molecule has 3 heteroatoms. The lowest BCUT2D eigenvalue weighted by Gasteiger charge is -2.24. The van der Waals surface area contributed by atoms with Gasteiger partial charge in [0.2, 0.25) is 0 Å². The number of methoxy groups -OCH3 is 1. The van der Waals surface area contributed by atoms with Gasteiger partial charge >= 0.3 is 0 Å². The Balaban J connectivity index is 2.42. The highest BCUT2D eigenvalue weighted by Gasteiger charge is 2.20. The zero-order chi connectivity index (χ0) is 11.5. The predicted octanol–water partition coefficient (Wildman–Crippen LogP) is 2.35. The van der Waals surface area contributed by atoms with Crippen LogP contribution in [0.5, 0.6) is 5.75 Å². The van der Waals surface area contributed by atoms with E-state index in [2.05, 4.69) is 11.0 Å². The number of aliphatic hydroxyl groups is 1. The SMILES string of the molecule is COc1cccc(N2CCCC2)c1[C@H](C)O. The van der Waals surface area contributed by atoms with Gasteiger partial charge in [0.15, 0.2) is 0 Å². The highest BCUT2D eigenvalue weighted by molar-refractivity contribution is 5.60. The van der Waals surface area contributed by atoms with Gasteiger partial charge in [0, 0.05) is 24.3 Å². The Morgan fingerprint density at radius 2 is 2.00 bits per heavy atom. The van der Waals surface area contributed by atoms with Gasteiger partial charge in [0.05, 0.1) is 13.2 Å². The van der Waals surface area contributed by atoms with Crippen molar-refractivity contribution >= 4 is 5.69 Å². The standard InChI is InChI=1S/C13H19NO2/c1-10(15)13-11(14-8-3-4-9-14)6-5-7-12(13)16-2/h5-7,10,15H,3-4,8-9H2,1-2H3/t10-/m0/s1. The minimum Gasteiger partial charge on any atom is -0.496 e. The third kappa shape index (κ3) is 2.00. The van der Waals surface area contributed by atoms with Crippen LogP contribution < -0.4 is 9.64 Å². The highest BCUT2D eigenvalue weighted by Crippen LogP contribution is 2.35. The van der Waals surface area contributed by atoms with Crippen LogP contribution in [0.3, 0.4) is 0 Å². The van der Waals surface area contributed by atoms with E-state index in [1.54, 1.807) is 14.0 Å². The maximum Gasteiger partial charge on any atom is 0.126 e. The average Bonchev–Trinajstić information content (AvgIpc) is 2.81. The lowest BCUT2D eigenvalue weighted by Crippen LogP contribution is -2.20. The van der Waals surface area contributed by atoms with Gasteiger partial charge in [-0.25, -0.2) is 0 Å². The van der Waals surface area contributed by atoms with E-state index in [0.29, 0.717) is 0 Å². The summed E-state index contributed by atoms with van der Waals surface area (Å²) in [6.45, 7) is 3.94. The first-order valence-corrected chi connectivity index (χ1v) is 5.84. The summed E-state index contributed by atoms with van der Waals surface area (Å²) in [5, 5.41) is 9.87. The molecule has 0 bridgehead atoms. The summed E-state index contributed by atoms with van der Waals surface area (Å²) in [6, 6.07) is 5.95. The van der Waals surface area contributed by atoms with E-state index in [1.165, 1.54) is 12.8 Å². The first-order chi connectivity index (χ1) is 7.74. The average molecular weight is 221 g/mol. The largest absolute Gasteiger partial charge is 0.496 e. The number of nitrogens with zero attached hydrogens (tertiary/aromatic N) is 1. The van der Waals surface area contributed by atoms with Crippen molar-refractivity contribution in [3.8, 4) is 5.75 Å². The molecule has 1 saturated heterocycles. The van der Waals surface area contributed by atoms with E-state index in [1.807, 2.05) is 12.1 Å². The Labute approximate surface area is 96.6 Å². The van der Waals surface area contributed by atoms with Crippen molar-refractivity contribution in [1.29, 1.82) is 0 Å². The minimum atomic E-state index is -0.494. The van der Waals surface area contributed by atoms with Gasteiger partial charge in [-0.05, 0) is 31.9 Å². The molecule has 16 heavy (non-hydrogen) atoms. The molecule has 1 heterocycles. The summed E-state index contributed by atoms with van der Waals surface area (Å²) < 4.78 is 5.32. The highest BCUT2D eigenvalue weighted by atomic mass is 16.5. The molecule has 0 unspecified atom stereocenters. The molecule has 3 nitrogen and oxygen atoms in total. The Morgan fingerprint density at radius 3 is 2.56 bits per heavy atom. The second kappa shape index (κ2) is 4.74. The van der Waals surface area contributed by atoms with Crippen LogP contribution in [-0.4, -0.2) is 25.3 Å². The normalized spacial score (nSPS) is 17.6. The molecule has 1 N–H and O–H groups in total. The van der Waals surface area contributed by atoms with E-state index in [-0.39, 0.29) is 0 Å². The van der Waals surface area contributed by atoms with Gasteiger partial charge in [-0.15, -0.1) is 0 Å². The molecule has 1 aliphatic rings. The van der Waals surface area contributed by atoms with Crippen LogP contribution in [0.2, 0.25) is 0 Å². The molecule has 0 aliphatic carbocycles. The Morgan fingerprint density at radius 1 is 1.31 bits per heavy atom. The van der Waals surface area contributed by atoms with Crippen LogP contribution in [0.4, 0.5) is 5.69 Å². The number of anilines is 1. The molecule has 0 amide bonds. The summed E-state index contributed by atoms with van der Waals surface area (Å²) in [5.74, 6) is 0.777. The van der Waals surface area contributed by atoms with Gasteiger partial charge < -0.3 is 14.7 Å². The quantitative estimate of drug-likeness (QED) is 0.850. The lowest BCUT2D eigenvalue weighted by molar-refractivity contribution is 0.194. The van der Waals surface area contributed by atoms with Crippen molar-refractivity contribution in [3.63, 3.8) is 0 Å². The van der Waals surface area contributed by atoms with Crippen molar-refractivity contribution in [2.45, 2.75) is 25.9 Å². The minimum absolute atomic E-state index is 0.494.